The number of aliphatic hydroxyl groups excluding tert-OH is 1. The third-order valence-electron chi connectivity index (χ3n) is 5.43. The van der Waals surface area contributed by atoms with Gasteiger partial charge in [0, 0.05) is 24.6 Å². The monoisotopic (exact) mass is 341 g/mol. The molecule has 132 valence electrons. The third-order valence-corrected chi connectivity index (χ3v) is 5.43. The molecule has 2 atom stereocenters. The summed E-state index contributed by atoms with van der Waals surface area (Å²) in [5.41, 5.74) is 0.945. The molecule has 1 N–H and O–H groups in total. The van der Waals surface area contributed by atoms with Crippen molar-refractivity contribution < 1.29 is 14.4 Å². The van der Waals surface area contributed by atoms with Gasteiger partial charge in [0.25, 0.3) is 0 Å². The minimum absolute atomic E-state index is 0.110. The fourth-order valence-corrected chi connectivity index (χ4v) is 3.92. The number of carbonyl (C=O) groups excluding carboxylic acids is 1. The summed E-state index contributed by atoms with van der Waals surface area (Å²) in [4.78, 5) is 19.0. The van der Waals surface area contributed by atoms with Crippen molar-refractivity contribution in [2.45, 2.75) is 44.1 Å². The second-order valence-electron chi connectivity index (χ2n) is 7.03. The summed E-state index contributed by atoms with van der Waals surface area (Å²) in [6.07, 6.45) is 3.68. The first kappa shape index (κ1) is 16.3. The maximum atomic E-state index is 12.6. The zero-order valence-electron chi connectivity index (χ0n) is 14.2. The molecule has 2 aliphatic rings. The van der Waals surface area contributed by atoms with Crippen LogP contribution in [0.3, 0.4) is 0 Å². The standard InChI is InChI=1S/C19H23N3O3/c23-16-8-4-7-15(16)19(24)22-11-9-14(10-12-22)18-20-17(21-25-18)13-5-2-1-3-6-13/h1-3,5-6,14-16,23H,4,7-12H2. The predicted octanol–water partition coefficient (Wildman–Crippen LogP) is 2.60. The largest absolute Gasteiger partial charge is 0.392 e. The maximum absolute atomic E-state index is 12.6. The van der Waals surface area contributed by atoms with E-state index in [-0.39, 0.29) is 17.7 Å². The Bertz CT molecular complexity index is 723. The Morgan fingerprint density at radius 1 is 1.12 bits per heavy atom. The van der Waals surface area contributed by atoms with E-state index in [0.717, 1.165) is 37.7 Å². The Morgan fingerprint density at radius 2 is 1.88 bits per heavy atom. The molecule has 1 saturated heterocycles. The first-order valence-electron chi connectivity index (χ1n) is 9.08. The highest BCUT2D eigenvalue weighted by Crippen LogP contribution is 2.32. The highest BCUT2D eigenvalue weighted by molar-refractivity contribution is 5.79. The maximum Gasteiger partial charge on any atom is 0.230 e. The van der Waals surface area contributed by atoms with Gasteiger partial charge in [-0.3, -0.25) is 4.79 Å². The number of piperidine rings is 1. The van der Waals surface area contributed by atoms with Gasteiger partial charge in [-0.25, -0.2) is 0 Å². The number of aromatic nitrogens is 2. The zero-order valence-corrected chi connectivity index (χ0v) is 14.2. The summed E-state index contributed by atoms with van der Waals surface area (Å²) < 4.78 is 5.47. The lowest BCUT2D eigenvalue weighted by Gasteiger charge is -2.32. The summed E-state index contributed by atoms with van der Waals surface area (Å²) >= 11 is 0. The summed E-state index contributed by atoms with van der Waals surface area (Å²) in [7, 11) is 0. The van der Waals surface area contributed by atoms with Crippen LogP contribution >= 0.6 is 0 Å². The summed E-state index contributed by atoms with van der Waals surface area (Å²) in [6.45, 7) is 1.38. The molecule has 0 spiro atoms. The van der Waals surface area contributed by atoms with E-state index >= 15 is 0 Å². The Hall–Kier alpha value is -2.21. The van der Waals surface area contributed by atoms with Crippen LogP contribution in [0.4, 0.5) is 0 Å². The topological polar surface area (TPSA) is 79.5 Å². The number of carbonyl (C=O) groups is 1. The fourth-order valence-electron chi connectivity index (χ4n) is 3.92. The molecule has 1 aromatic carbocycles. The molecule has 1 amide bonds. The average Bonchev–Trinajstić information content (AvgIpc) is 3.31. The highest BCUT2D eigenvalue weighted by Gasteiger charge is 2.36. The molecule has 1 aliphatic heterocycles. The fraction of sp³-hybridized carbons (Fsp3) is 0.526. The highest BCUT2D eigenvalue weighted by atomic mass is 16.5. The van der Waals surface area contributed by atoms with E-state index in [2.05, 4.69) is 10.1 Å². The van der Waals surface area contributed by atoms with E-state index in [1.54, 1.807) is 0 Å². The van der Waals surface area contributed by atoms with Crippen molar-refractivity contribution in [2.75, 3.05) is 13.1 Å². The lowest BCUT2D eigenvalue weighted by Crippen LogP contribution is -2.43. The molecule has 1 aromatic heterocycles. The van der Waals surface area contributed by atoms with Gasteiger partial charge in [-0.2, -0.15) is 4.98 Å². The minimum atomic E-state index is -0.463. The van der Waals surface area contributed by atoms with E-state index in [1.165, 1.54) is 0 Å². The second kappa shape index (κ2) is 6.96. The van der Waals surface area contributed by atoms with Gasteiger partial charge >= 0.3 is 0 Å². The van der Waals surface area contributed by atoms with Gasteiger partial charge in [-0.15, -0.1) is 0 Å². The van der Waals surface area contributed by atoms with Crippen LogP contribution < -0.4 is 0 Å². The minimum Gasteiger partial charge on any atom is -0.392 e. The van der Waals surface area contributed by atoms with E-state index < -0.39 is 6.10 Å². The lowest BCUT2D eigenvalue weighted by molar-refractivity contribution is -0.139. The first-order valence-corrected chi connectivity index (χ1v) is 9.08. The van der Waals surface area contributed by atoms with Crippen molar-refractivity contribution in [1.82, 2.24) is 15.0 Å². The summed E-state index contributed by atoms with van der Waals surface area (Å²) in [5.74, 6) is 1.38. The molecule has 0 bridgehead atoms. The summed E-state index contributed by atoms with van der Waals surface area (Å²) in [6, 6.07) is 9.78. The number of aliphatic hydroxyl groups is 1. The first-order chi connectivity index (χ1) is 12.2. The number of benzene rings is 1. The molecular formula is C19H23N3O3. The van der Waals surface area contributed by atoms with Crippen LogP contribution in [0.2, 0.25) is 0 Å². The molecule has 1 saturated carbocycles. The molecule has 2 unspecified atom stereocenters. The lowest BCUT2D eigenvalue weighted by atomic mass is 9.95. The van der Waals surface area contributed by atoms with Crippen LogP contribution in [0.15, 0.2) is 34.9 Å². The SMILES string of the molecule is O=C(C1CCCC1O)N1CCC(c2nc(-c3ccccc3)no2)CC1. The Morgan fingerprint density at radius 3 is 2.56 bits per heavy atom. The molecule has 1 aliphatic carbocycles. The Balaban J connectivity index is 1.37. The smallest absolute Gasteiger partial charge is 0.230 e. The van der Waals surface area contributed by atoms with Crippen LogP contribution in [0.1, 0.15) is 43.9 Å². The zero-order chi connectivity index (χ0) is 17.2. The van der Waals surface area contributed by atoms with E-state index in [0.29, 0.717) is 24.8 Å². The van der Waals surface area contributed by atoms with Gasteiger partial charge in [-0.1, -0.05) is 35.5 Å². The number of likely N-dealkylation sites (tertiary alicyclic amines) is 1. The predicted molar refractivity (Wildman–Crippen MR) is 91.6 cm³/mol. The average molecular weight is 341 g/mol. The van der Waals surface area contributed by atoms with Crippen molar-refractivity contribution in [3.8, 4) is 11.4 Å². The summed E-state index contributed by atoms with van der Waals surface area (Å²) in [5, 5.41) is 14.0. The van der Waals surface area contributed by atoms with Crippen molar-refractivity contribution in [3.63, 3.8) is 0 Å². The van der Waals surface area contributed by atoms with Gasteiger partial charge in [0.1, 0.15) is 0 Å². The molecule has 0 radical (unpaired) electrons. The van der Waals surface area contributed by atoms with Gasteiger partial charge < -0.3 is 14.5 Å². The number of hydrogen-bond donors (Lipinski definition) is 1. The van der Waals surface area contributed by atoms with Crippen LogP contribution in [-0.4, -0.2) is 45.2 Å². The van der Waals surface area contributed by atoms with Crippen molar-refractivity contribution >= 4 is 5.91 Å². The molecule has 2 heterocycles. The van der Waals surface area contributed by atoms with Crippen LogP contribution in [-0.2, 0) is 4.79 Å². The molecule has 4 rings (SSSR count). The molecular weight excluding hydrogens is 318 g/mol. The van der Waals surface area contributed by atoms with Crippen molar-refractivity contribution in [1.29, 1.82) is 0 Å². The van der Waals surface area contributed by atoms with E-state index in [1.807, 2.05) is 35.2 Å². The Labute approximate surface area is 146 Å². The van der Waals surface area contributed by atoms with Crippen molar-refractivity contribution in [3.05, 3.63) is 36.2 Å². The van der Waals surface area contributed by atoms with Crippen LogP contribution in [0.25, 0.3) is 11.4 Å². The van der Waals surface area contributed by atoms with Gasteiger partial charge in [-0.05, 0) is 32.1 Å². The van der Waals surface area contributed by atoms with Crippen LogP contribution in [0, 0.1) is 5.92 Å². The van der Waals surface area contributed by atoms with Gasteiger partial charge in [0.05, 0.1) is 12.0 Å². The number of rotatable bonds is 3. The van der Waals surface area contributed by atoms with E-state index in [4.69, 9.17) is 4.52 Å². The molecule has 6 heteroatoms. The number of amides is 1. The van der Waals surface area contributed by atoms with Crippen LogP contribution in [0.5, 0.6) is 0 Å². The third kappa shape index (κ3) is 3.31. The molecule has 25 heavy (non-hydrogen) atoms. The second-order valence-corrected chi connectivity index (χ2v) is 7.03. The number of hydrogen-bond acceptors (Lipinski definition) is 5. The van der Waals surface area contributed by atoms with Gasteiger partial charge in [0.15, 0.2) is 0 Å². The van der Waals surface area contributed by atoms with Crippen molar-refractivity contribution in [2.24, 2.45) is 5.92 Å². The Kier molecular flexibility index (Phi) is 4.53. The molecule has 6 nitrogen and oxygen atoms in total. The normalized spacial score (nSPS) is 24.6. The quantitative estimate of drug-likeness (QED) is 0.928. The molecule has 2 fully saturated rings. The van der Waals surface area contributed by atoms with E-state index in [9.17, 15) is 9.90 Å². The number of nitrogens with zero attached hydrogens (tertiary/aromatic N) is 3. The molecule has 2 aromatic rings. The van der Waals surface area contributed by atoms with Gasteiger partial charge in [0.2, 0.25) is 17.6 Å².